The van der Waals surface area contributed by atoms with Crippen LogP contribution in [0.3, 0.4) is 0 Å². The first-order chi connectivity index (χ1) is 26.2. The van der Waals surface area contributed by atoms with Crippen molar-refractivity contribution in [2.45, 2.75) is 34.2 Å². The topological polar surface area (TPSA) is 190 Å². The van der Waals surface area contributed by atoms with Crippen molar-refractivity contribution in [1.82, 2.24) is 19.5 Å². The Kier molecular flexibility index (Phi) is 18.3. The average Bonchev–Trinajstić information content (AvgIpc) is 3.51. The molecule has 3 heterocycles. The van der Waals surface area contributed by atoms with E-state index in [-0.39, 0.29) is 80.1 Å². The van der Waals surface area contributed by atoms with E-state index in [1.54, 1.807) is 42.0 Å². The molecule has 0 aliphatic rings. The fraction of sp³-hybridized carbons (Fsp3) is 0.200. The van der Waals surface area contributed by atoms with Crippen molar-refractivity contribution in [2.24, 2.45) is 0 Å². The van der Waals surface area contributed by atoms with E-state index in [0.29, 0.717) is 64.3 Å². The maximum absolute atomic E-state index is 12.3. The Morgan fingerprint density at radius 2 is 1.25 bits per heavy atom. The average molecular weight is 891 g/mol. The van der Waals surface area contributed by atoms with Gasteiger partial charge in [-0.1, -0.05) is 78.0 Å². The van der Waals surface area contributed by atoms with Gasteiger partial charge in [0.25, 0.3) is 0 Å². The second kappa shape index (κ2) is 22.1. The van der Waals surface area contributed by atoms with Crippen LogP contribution >= 0.6 is 22.6 Å². The number of imidazole rings is 1. The molecule has 7 N–H and O–H groups in total. The predicted octanol–water partition coefficient (Wildman–Crippen LogP) is 3.12. The summed E-state index contributed by atoms with van der Waals surface area (Å²) in [6, 6.07) is 26.1. The zero-order chi connectivity index (χ0) is 38.8. The number of nitrogens with one attached hydrogen (secondary N) is 1. The number of H-pyrrole nitrogens is 1. The van der Waals surface area contributed by atoms with Gasteiger partial charge in [0, 0.05) is 70.5 Å². The number of benzene rings is 4. The van der Waals surface area contributed by atoms with Crippen molar-refractivity contribution in [3.05, 3.63) is 108 Å². The molecule has 56 heavy (non-hydrogen) atoms. The van der Waals surface area contributed by atoms with Crippen molar-refractivity contribution in [3.8, 4) is 23.0 Å². The molecule has 0 unspecified atom stereocenters. The third-order valence-electron chi connectivity index (χ3n) is 8.21. The minimum Gasteiger partial charge on any atom is -1.00 e. The summed E-state index contributed by atoms with van der Waals surface area (Å²) in [7, 11) is 0. The molecule has 0 aliphatic carbocycles. The summed E-state index contributed by atoms with van der Waals surface area (Å²) in [5.41, 5.74) is 20.9. The second-order valence-corrected chi connectivity index (χ2v) is 13.1. The van der Waals surface area contributed by atoms with Crippen LogP contribution in [0, 0.1) is 0 Å². The summed E-state index contributed by atoms with van der Waals surface area (Å²) in [4.78, 5) is 36.8. The van der Waals surface area contributed by atoms with Gasteiger partial charge in [-0.15, -0.1) is 0 Å². The molecule has 13 nitrogen and oxygen atoms in total. The van der Waals surface area contributed by atoms with Gasteiger partial charge in [-0.05, 0) is 49.5 Å². The van der Waals surface area contributed by atoms with Crippen LogP contribution in [-0.4, -0.2) is 43.2 Å². The number of fused-ring (bicyclic) bond motifs is 3. The van der Waals surface area contributed by atoms with Crippen LogP contribution in [0.2, 0.25) is 0 Å². The van der Waals surface area contributed by atoms with E-state index in [1.165, 1.54) is 15.5 Å². The number of ether oxygens (including phenoxy) is 3. The Hall–Kier alpha value is -4.03. The predicted molar refractivity (Wildman–Crippen MR) is 228 cm³/mol. The fourth-order valence-corrected chi connectivity index (χ4v) is 5.83. The minimum atomic E-state index is -0.508. The van der Waals surface area contributed by atoms with Crippen LogP contribution in [0.1, 0.15) is 30.5 Å². The molecule has 3 aromatic heterocycles. The van der Waals surface area contributed by atoms with E-state index in [1.807, 2.05) is 74.5 Å². The number of hydrogen-bond donors (Lipinski definition) is 4. The third-order valence-corrected chi connectivity index (χ3v) is 8.21. The standard InChI is InChI=1S/C20H22N4O3.C18H16N4O2.C2H5I.2Na.2H/c1-3-24(20(25)26-4-2)18-17(11-12-23-19(18)22)27-16-10-9-15(21)13-7-5-6-8-14(13)16;1-2-22-16-15(9-10-20-17(16)21-18(22)23)24-14-8-7-13(19)11-5-3-4-6-12(11)14;1-2-3;;;;/h5-12H,3-4,21H2,1-2H3,(H2,22,23);3-10H,2,19H2,1H3,(H,20,21,23);2H2,1H3;;;;/q;;;2*+1;2*-1. The van der Waals surface area contributed by atoms with E-state index < -0.39 is 6.09 Å². The van der Waals surface area contributed by atoms with Gasteiger partial charge in [-0.2, -0.15) is 0 Å². The fourth-order valence-electron chi connectivity index (χ4n) is 5.83. The van der Waals surface area contributed by atoms with Crippen LogP contribution in [-0.2, 0) is 11.3 Å². The van der Waals surface area contributed by atoms with E-state index in [9.17, 15) is 9.59 Å². The molecule has 0 spiro atoms. The molecule has 0 fully saturated rings. The number of rotatable bonds is 8. The molecule has 1 amide bonds. The molecular formula is C40H45IN8Na2O5. The van der Waals surface area contributed by atoms with Crippen molar-refractivity contribution >= 4 is 84.3 Å². The van der Waals surface area contributed by atoms with Gasteiger partial charge in [-0.3, -0.25) is 14.5 Å². The third kappa shape index (κ3) is 10.5. The number of nitrogen functional groups attached to an aromatic ring is 3. The number of aryl methyl sites for hydroxylation is 1. The molecule has 0 radical (unpaired) electrons. The first-order valence-electron chi connectivity index (χ1n) is 17.4. The maximum atomic E-state index is 12.3. The van der Waals surface area contributed by atoms with E-state index in [2.05, 4.69) is 44.5 Å². The van der Waals surface area contributed by atoms with Crippen LogP contribution in [0.15, 0.2) is 102 Å². The largest absolute Gasteiger partial charge is 1.00 e. The van der Waals surface area contributed by atoms with Crippen LogP contribution in [0.5, 0.6) is 23.0 Å². The summed E-state index contributed by atoms with van der Waals surface area (Å²) in [5, 5.41) is 3.60. The quantitative estimate of drug-likeness (QED) is 0.0764. The van der Waals surface area contributed by atoms with Gasteiger partial charge >= 0.3 is 70.9 Å². The normalized spacial score (nSPS) is 10.2. The molecule has 0 saturated heterocycles. The first-order valence-corrected chi connectivity index (χ1v) is 18.9. The monoisotopic (exact) mass is 890 g/mol. The molecule has 284 valence electrons. The smallest absolute Gasteiger partial charge is 1.00 e. The molecular weight excluding hydrogens is 845 g/mol. The van der Waals surface area contributed by atoms with E-state index in [4.69, 9.17) is 31.4 Å². The Balaban J connectivity index is 0.000000512. The van der Waals surface area contributed by atoms with Crippen molar-refractivity contribution in [3.63, 3.8) is 0 Å². The maximum Gasteiger partial charge on any atom is 1.00 e. The van der Waals surface area contributed by atoms with Crippen molar-refractivity contribution < 1.29 is 81.0 Å². The number of alkyl halides is 1. The number of aromatic amines is 1. The summed E-state index contributed by atoms with van der Waals surface area (Å²) in [6.45, 7) is 8.73. The van der Waals surface area contributed by atoms with Crippen LogP contribution in [0.25, 0.3) is 32.7 Å². The van der Waals surface area contributed by atoms with Gasteiger partial charge in [0.2, 0.25) is 0 Å². The minimum absolute atomic E-state index is 0. The number of amides is 1. The van der Waals surface area contributed by atoms with Gasteiger partial charge < -0.3 is 34.3 Å². The number of hydrogen-bond acceptors (Lipinski definition) is 10. The summed E-state index contributed by atoms with van der Waals surface area (Å²) >= 11 is 2.29. The van der Waals surface area contributed by atoms with Gasteiger partial charge in [0.05, 0.1) is 6.61 Å². The molecule has 7 aromatic rings. The molecule has 16 heteroatoms. The van der Waals surface area contributed by atoms with Gasteiger partial charge in [0.15, 0.2) is 23.0 Å². The number of anilines is 4. The zero-order valence-corrected chi connectivity index (χ0v) is 38.7. The van der Waals surface area contributed by atoms with Crippen LogP contribution in [0.4, 0.5) is 27.7 Å². The molecule has 0 aliphatic heterocycles. The van der Waals surface area contributed by atoms with Crippen molar-refractivity contribution in [1.29, 1.82) is 0 Å². The number of halogens is 1. The molecule has 0 saturated carbocycles. The summed E-state index contributed by atoms with van der Waals surface area (Å²) < 4.78 is 20.2. The molecule has 7 rings (SSSR count). The Morgan fingerprint density at radius 3 is 1.77 bits per heavy atom. The number of carbonyl (C=O) groups is 1. The number of carbonyl (C=O) groups excluding carboxylic acids is 1. The van der Waals surface area contributed by atoms with Crippen molar-refractivity contribution in [2.75, 3.05) is 39.7 Å². The second-order valence-electron chi connectivity index (χ2n) is 11.5. The number of nitrogens with two attached hydrogens (primary N) is 3. The zero-order valence-electron chi connectivity index (χ0n) is 34.5. The SMILES string of the molecule is CCI.CCOC(=O)N(CC)c1c(Oc2ccc(N)c3ccccc23)ccnc1N.CCn1c(=O)[nH]c2nccc(Oc3ccc(N)c4ccccc34)c21.[H-].[H-].[Na+].[Na+]. The van der Waals surface area contributed by atoms with Crippen LogP contribution < -0.4 is 96.4 Å². The Labute approximate surface area is 386 Å². The van der Waals surface area contributed by atoms with E-state index >= 15 is 0 Å². The Bertz CT molecular complexity index is 2470. The number of pyridine rings is 2. The molecule has 0 atom stereocenters. The summed E-state index contributed by atoms with van der Waals surface area (Å²) in [5.74, 6) is 2.46. The molecule has 0 bridgehead atoms. The van der Waals surface area contributed by atoms with E-state index in [0.717, 1.165) is 21.5 Å². The molecule has 4 aromatic carbocycles. The van der Waals surface area contributed by atoms with Gasteiger partial charge in [-0.25, -0.2) is 19.6 Å². The number of aromatic nitrogens is 4. The number of nitrogens with zero attached hydrogens (tertiary/aromatic N) is 4. The Morgan fingerprint density at radius 1 is 0.750 bits per heavy atom. The summed E-state index contributed by atoms with van der Waals surface area (Å²) in [6.07, 6.45) is 2.64. The van der Waals surface area contributed by atoms with Gasteiger partial charge in [0.1, 0.15) is 22.7 Å². The first kappa shape index (κ1) is 46.4.